The predicted molar refractivity (Wildman–Crippen MR) is 69.3 cm³/mol. The quantitative estimate of drug-likeness (QED) is 0.908. The maximum Gasteiger partial charge on any atom is 0.416 e. The van der Waals surface area contributed by atoms with Crippen LogP contribution in [0.1, 0.15) is 24.8 Å². The Labute approximate surface area is 120 Å². The Hall–Kier alpha value is -1.57. The third-order valence-electron chi connectivity index (χ3n) is 3.37. The highest BCUT2D eigenvalue weighted by molar-refractivity contribution is 7.92. The van der Waals surface area contributed by atoms with Gasteiger partial charge >= 0.3 is 6.18 Å². The van der Waals surface area contributed by atoms with Crippen LogP contribution in [0.5, 0.6) is 0 Å². The zero-order valence-electron chi connectivity index (χ0n) is 11.0. The minimum absolute atomic E-state index is 0.224. The average molecular weight is 321 g/mol. The predicted octanol–water partition coefficient (Wildman–Crippen LogP) is 2.15. The third kappa shape index (κ3) is 3.55. The molecule has 0 spiro atoms. The summed E-state index contributed by atoms with van der Waals surface area (Å²) in [4.78, 5) is 11.1. The Kier molecular flexibility index (Phi) is 4.27. The van der Waals surface area contributed by atoms with Crippen molar-refractivity contribution < 1.29 is 26.4 Å². The van der Waals surface area contributed by atoms with E-state index in [1.54, 1.807) is 0 Å². The molecule has 0 bridgehead atoms. The van der Waals surface area contributed by atoms with Gasteiger partial charge in [0.25, 0.3) is 0 Å². The molecular weight excluding hydrogens is 307 g/mol. The number of rotatable bonds is 2. The molecule has 1 aromatic rings. The van der Waals surface area contributed by atoms with E-state index in [1.807, 2.05) is 0 Å². The van der Waals surface area contributed by atoms with Gasteiger partial charge in [0.05, 0.1) is 15.7 Å². The molecule has 1 heterocycles. The van der Waals surface area contributed by atoms with Crippen molar-refractivity contribution in [3.8, 4) is 0 Å². The second kappa shape index (κ2) is 5.67. The van der Waals surface area contributed by atoms with Crippen LogP contribution in [0, 0.1) is 0 Å². The number of nitrogens with one attached hydrogen (secondary N) is 1. The highest BCUT2D eigenvalue weighted by Gasteiger charge is 2.34. The summed E-state index contributed by atoms with van der Waals surface area (Å²) in [6.07, 6.45) is -4.10. The molecule has 1 fully saturated rings. The van der Waals surface area contributed by atoms with Gasteiger partial charge in [-0.15, -0.1) is 0 Å². The van der Waals surface area contributed by atoms with E-state index in [2.05, 4.69) is 5.32 Å². The van der Waals surface area contributed by atoms with Crippen LogP contribution in [-0.2, 0) is 20.8 Å². The third-order valence-corrected chi connectivity index (χ3v) is 5.56. The molecule has 1 aliphatic rings. The molecule has 4 nitrogen and oxygen atoms in total. The lowest BCUT2D eigenvalue weighted by Gasteiger charge is -2.15. The molecule has 1 amide bonds. The number of sulfone groups is 1. The summed E-state index contributed by atoms with van der Waals surface area (Å²) < 4.78 is 62.8. The van der Waals surface area contributed by atoms with Crippen molar-refractivity contribution >= 4 is 15.7 Å². The smallest absolute Gasteiger partial charge is 0.356 e. The second-order valence-corrected chi connectivity index (χ2v) is 7.12. The fourth-order valence-corrected chi connectivity index (χ4v) is 4.04. The van der Waals surface area contributed by atoms with E-state index in [9.17, 15) is 26.4 Å². The van der Waals surface area contributed by atoms with Crippen LogP contribution in [0.2, 0.25) is 0 Å². The van der Waals surface area contributed by atoms with Crippen molar-refractivity contribution in [3.63, 3.8) is 0 Å². The summed E-state index contributed by atoms with van der Waals surface area (Å²) in [6, 6.07) is 3.64. The lowest BCUT2D eigenvalue weighted by Crippen LogP contribution is -2.27. The van der Waals surface area contributed by atoms with E-state index in [-0.39, 0.29) is 12.8 Å². The van der Waals surface area contributed by atoms with Gasteiger partial charge in [0.15, 0.2) is 9.84 Å². The molecule has 0 saturated carbocycles. The number of amides is 1. The van der Waals surface area contributed by atoms with Gasteiger partial charge in [0, 0.05) is 13.0 Å². The van der Waals surface area contributed by atoms with Gasteiger partial charge < -0.3 is 5.32 Å². The van der Waals surface area contributed by atoms with Gasteiger partial charge in [0.2, 0.25) is 5.91 Å². The van der Waals surface area contributed by atoms with Crippen molar-refractivity contribution in [1.82, 2.24) is 5.32 Å². The summed E-state index contributed by atoms with van der Waals surface area (Å²) in [5.74, 6) is -0.395. The summed E-state index contributed by atoms with van der Waals surface area (Å²) in [7, 11) is -3.96. The Morgan fingerprint density at radius 1 is 1.24 bits per heavy atom. The number of benzene rings is 1. The normalized spacial score (nSPS) is 20.7. The lowest BCUT2D eigenvalue weighted by atomic mass is 10.2. The first-order valence-corrected chi connectivity index (χ1v) is 7.94. The number of hydrogen-bond donors (Lipinski definition) is 1. The van der Waals surface area contributed by atoms with E-state index < -0.39 is 37.6 Å². The molecule has 0 aromatic heterocycles. The van der Waals surface area contributed by atoms with Crippen molar-refractivity contribution in [2.24, 2.45) is 0 Å². The van der Waals surface area contributed by atoms with Crippen LogP contribution in [0.4, 0.5) is 13.2 Å². The highest BCUT2D eigenvalue weighted by Crippen LogP contribution is 2.32. The van der Waals surface area contributed by atoms with Crippen molar-refractivity contribution in [2.45, 2.75) is 35.6 Å². The zero-order valence-corrected chi connectivity index (χ0v) is 11.8. The van der Waals surface area contributed by atoms with Gasteiger partial charge in [-0.25, -0.2) is 8.42 Å². The summed E-state index contributed by atoms with van der Waals surface area (Å²) in [5.41, 5.74) is -1.01. The summed E-state index contributed by atoms with van der Waals surface area (Å²) in [6.45, 7) is 0.382. The monoisotopic (exact) mass is 321 g/mol. The molecule has 1 aliphatic heterocycles. The molecule has 1 N–H and O–H groups in total. The highest BCUT2D eigenvalue weighted by atomic mass is 32.2. The van der Waals surface area contributed by atoms with Crippen LogP contribution >= 0.6 is 0 Å². The van der Waals surface area contributed by atoms with Crippen LogP contribution in [0.3, 0.4) is 0 Å². The number of halogens is 3. The molecule has 1 atom stereocenters. The second-order valence-electron chi connectivity index (χ2n) is 4.89. The molecule has 0 aliphatic carbocycles. The van der Waals surface area contributed by atoms with Crippen molar-refractivity contribution in [2.75, 3.05) is 6.54 Å². The van der Waals surface area contributed by atoms with E-state index in [4.69, 9.17) is 0 Å². The van der Waals surface area contributed by atoms with Crippen molar-refractivity contribution in [3.05, 3.63) is 29.8 Å². The first-order valence-electron chi connectivity index (χ1n) is 6.39. The molecule has 0 radical (unpaired) electrons. The number of carbonyl (C=O) groups excluding carboxylic acids is 1. The molecule has 1 saturated heterocycles. The number of carbonyl (C=O) groups is 1. The molecule has 8 heteroatoms. The first kappa shape index (κ1) is 15.8. The molecule has 21 heavy (non-hydrogen) atoms. The fourth-order valence-electron chi connectivity index (χ4n) is 2.25. The standard InChI is InChI=1S/C13H14F3NO3S/c14-13(15,16)9-3-1-4-10(7-9)21(19,20)11-5-2-6-17-12(18)8-11/h1,3-4,7,11H,2,5-6,8H2,(H,17,18). The number of alkyl halides is 3. The van der Waals surface area contributed by atoms with Crippen molar-refractivity contribution in [1.29, 1.82) is 0 Å². The molecular formula is C13H14F3NO3S. The zero-order chi connectivity index (χ0) is 15.7. The lowest BCUT2D eigenvalue weighted by molar-refractivity contribution is -0.137. The Bertz CT molecular complexity index is 640. The minimum atomic E-state index is -4.60. The molecule has 1 aromatic carbocycles. The average Bonchev–Trinajstić information content (AvgIpc) is 2.63. The van der Waals surface area contributed by atoms with Gasteiger partial charge in [-0.1, -0.05) is 6.07 Å². The van der Waals surface area contributed by atoms with Gasteiger partial charge in [-0.05, 0) is 31.0 Å². The van der Waals surface area contributed by atoms with E-state index in [0.717, 1.165) is 18.2 Å². The first-order chi connectivity index (χ1) is 9.71. The fraction of sp³-hybridized carbons (Fsp3) is 0.462. The summed E-state index contributed by atoms with van der Waals surface area (Å²) >= 11 is 0. The van der Waals surface area contributed by atoms with Crippen LogP contribution < -0.4 is 5.32 Å². The van der Waals surface area contributed by atoms with Gasteiger partial charge in [0.1, 0.15) is 0 Å². The van der Waals surface area contributed by atoms with Crippen LogP contribution in [-0.4, -0.2) is 26.1 Å². The van der Waals surface area contributed by atoms with Gasteiger partial charge in [-0.2, -0.15) is 13.2 Å². The largest absolute Gasteiger partial charge is 0.416 e. The molecule has 1 unspecified atom stereocenters. The molecule has 2 rings (SSSR count). The maximum atomic E-state index is 12.7. The van der Waals surface area contributed by atoms with Crippen LogP contribution in [0.15, 0.2) is 29.2 Å². The topological polar surface area (TPSA) is 63.2 Å². The van der Waals surface area contributed by atoms with E-state index >= 15 is 0 Å². The Morgan fingerprint density at radius 2 is 1.95 bits per heavy atom. The number of hydrogen-bond acceptors (Lipinski definition) is 3. The van der Waals surface area contributed by atoms with E-state index in [1.165, 1.54) is 0 Å². The summed E-state index contributed by atoms with van der Waals surface area (Å²) in [5, 5.41) is 1.57. The Morgan fingerprint density at radius 3 is 2.62 bits per heavy atom. The van der Waals surface area contributed by atoms with Gasteiger partial charge in [-0.3, -0.25) is 4.79 Å². The minimum Gasteiger partial charge on any atom is -0.356 e. The SMILES string of the molecule is O=C1CC(S(=O)(=O)c2cccc(C(F)(F)F)c2)CCCN1. The Balaban J connectivity index is 2.37. The van der Waals surface area contributed by atoms with Crippen LogP contribution in [0.25, 0.3) is 0 Å². The molecule has 116 valence electrons. The maximum absolute atomic E-state index is 12.7. The van der Waals surface area contributed by atoms with E-state index in [0.29, 0.717) is 19.0 Å².